The molecular formula is C87H93F12N6O13P. The number of alkyl halides is 9. The first-order valence-corrected chi connectivity index (χ1v) is 38.7. The minimum atomic E-state index is -6.19. The molecule has 32 heteroatoms. The molecule has 0 unspecified atom stereocenters. The van der Waals surface area contributed by atoms with Gasteiger partial charge in [0.25, 0.3) is 34.4 Å². The van der Waals surface area contributed by atoms with Crippen molar-refractivity contribution in [2.45, 2.75) is 181 Å². The molecule has 119 heavy (non-hydrogen) atoms. The van der Waals surface area contributed by atoms with Gasteiger partial charge in [-0.1, -0.05) is 125 Å². The highest BCUT2D eigenvalue weighted by Crippen LogP contribution is 2.72. The van der Waals surface area contributed by atoms with Gasteiger partial charge in [0.15, 0.2) is 17.2 Å². The number of hydrogen-bond acceptors (Lipinski definition) is 13. The summed E-state index contributed by atoms with van der Waals surface area (Å²) in [7, 11) is -6.19. The highest BCUT2D eigenvalue weighted by Gasteiger charge is 2.68. The second kappa shape index (κ2) is 32.4. The van der Waals surface area contributed by atoms with Crippen molar-refractivity contribution in [1.82, 2.24) is 13.7 Å². The Balaban J connectivity index is 1.26. The lowest BCUT2D eigenvalue weighted by atomic mass is 9.68. The molecule has 0 fully saturated rings. The SMILES string of the molecule is Cc1cc(F)ccc1Oc1ccc(C(F)(F)F)cc1C(=O)Nc1ccn(C(OP(=O)(OC(n2ccc(NC(=O)c3cc(C(F)(F)F)ccc3Oc3ccc(F)cc3C)cc2=O)(C(C)(C)C)C(C)(C)C)OC(n2ccc(NC(=O)c3cc(C(F)(F)F)ccc3Oc3ccc(F)cc3C)cc2=O)(C(C)(C)C)C(C)(C)C)(C(C)(C)C)C(C)(C)C)c(=O)c1. The Hall–Kier alpha value is -10.8. The molecule has 0 radical (unpaired) electrons. The summed E-state index contributed by atoms with van der Waals surface area (Å²) >= 11 is 0. The van der Waals surface area contributed by atoms with Crippen LogP contribution in [0, 0.1) is 70.7 Å². The van der Waals surface area contributed by atoms with Crippen LogP contribution in [-0.4, -0.2) is 31.4 Å². The molecule has 0 spiro atoms. The third-order valence-corrected chi connectivity index (χ3v) is 21.6. The molecule has 0 saturated carbocycles. The smallest absolute Gasteiger partial charge is 0.456 e. The maximum absolute atomic E-state index is 18.5. The Morgan fingerprint density at radius 2 is 0.521 bits per heavy atom. The maximum Gasteiger partial charge on any atom is 0.481 e. The second-order valence-corrected chi connectivity index (χ2v) is 36.5. The van der Waals surface area contributed by atoms with E-state index in [2.05, 4.69) is 16.0 Å². The Labute approximate surface area is 679 Å². The van der Waals surface area contributed by atoms with Crippen LogP contribution in [0.3, 0.4) is 0 Å². The Morgan fingerprint density at radius 1 is 0.311 bits per heavy atom. The molecule has 0 saturated heterocycles. The second-order valence-electron chi connectivity index (χ2n) is 35.0. The molecule has 6 aromatic carbocycles. The van der Waals surface area contributed by atoms with Crippen LogP contribution in [0.15, 0.2) is 179 Å². The van der Waals surface area contributed by atoms with Gasteiger partial charge >= 0.3 is 26.4 Å². The molecule has 9 rings (SSSR count). The van der Waals surface area contributed by atoms with E-state index in [4.69, 9.17) is 27.8 Å². The van der Waals surface area contributed by atoms with Crippen molar-refractivity contribution in [3.8, 4) is 34.5 Å². The molecule has 3 aromatic heterocycles. The largest absolute Gasteiger partial charge is 0.481 e. The van der Waals surface area contributed by atoms with Crippen LogP contribution in [0.5, 0.6) is 34.5 Å². The zero-order valence-corrected chi connectivity index (χ0v) is 70.1. The van der Waals surface area contributed by atoms with Crippen LogP contribution in [0.2, 0.25) is 0 Å². The van der Waals surface area contributed by atoms with E-state index in [0.29, 0.717) is 36.4 Å². The van der Waals surface area contributed by atoms with Gasteiger partial charge in [-0.05, 0) is 165 Å². The van der Waals surface area contributed by atoms with E-state index in [-0.39, 0.29) is 51.0 Å². The number of nitrogens with one attached hydrogen (secondary N) is 3. The van der Waals surface area contributed by atoms with Gasteiger partial charge in [-0.25, -0.2) is 17.7 Å². The van der Waals surface area contributed by atoms with Gasteiger partial charge < -0.3 is 30.2 Å². The minimum absolute atomic E-state index is 0.0293. The highest BCUT2D eigenvalue weighted by molar-refractivity contribution is 7.48. The molecule has 0 aliphatic rings. The Bertz CT molecular complexity index is 5070. The molecule has 0 aliphatic carbocycles. The lowest BCUT2D eigenvalue weighted by Gasteiger charge is -2.59. The van der Waals surface area contributed by atoms with Crippen molar-refractivity contribution < 1.29 is 99.4 Å². The molecule has 19 nitrogen and oxygen atoms in total. The molecular weight excluding hydrogens is 1600 g/mol. The minimum Gasteiger partial charge on any atom is -0.456 e. The van der Waals surface area contributed by atoms with Crippen LogP contribution in [-0.2, 0) is 53.8 Å². The van der Waals surface area contributed by atoms with Gasteiger partial charge in [-0.3, -0.25) is 56.0 Å². The summed E-state index contributed by atoms with van der Waals surface area (Å²) in [6.07, 6.45) is -11.6. The summed E-state index contributed by atoms with van der Waals surface area (Å²) in [5, 5.41) is 7.40. The number of rotatable bonds is 21. The topological polar surface area (TPSA) is 226 Å². The zero-order valence-electron chi connectivity index (χ0n) is 69.2. The monoisotopic (exact) mass is 1690 g/mol. The van der Waals surface area contributed by atoms with E-state index >= 15 is 18.9 Å². The molecule has 0 bridgehead atoms. The number of phosphoric ester groups is 1. The normalized spacial score (nSPS) is 13.3. The number of carbonyl (C=O) groups excluding carboxylic acids is 3. The molecule has 3 N–H and O–H groups in total. The quantitative estimate of drug-likeness (QED) is 0.0450. The van der Waals surface area contributed by atoms with Crippen LogP contribution < -0.4 is 46.8 Å². The number of carbonyl (C=O) groups is 3. The number of nitrogens with zero attached hydrogens (tertiary/aromatic N) is 3. The van der Waals surface area contributed by atoms with E-state index in [1.807, 2.05) is 0 Å². The van der Waals surface area contributed by atoms with Crippen LogP contribution in [0.4, 0.5) is 69.7 Å². The molecule has 9 aromatic rings. The van der Waals surface area contributed by atoms with Crippen LogP contribution in [0.25, 0.3) is 0 Å². The fraction of sp³-hybridized carbons (Fsp3) is 0.379. The standard InChI is InChI=1S/C87H93F12N6O13P/c1-49-40-55(88)25-31-64(49)113-67-28-22-52(82(91,92)93)43-61(67)73(109)100-58-34-37-103(70(106)46-58)85(76(4,5)6,77(7,8)9)116-119(112,117-86(78(10,11)12,79(13,14)15)104-38-35-59(47-71(104)107)101-74(110)62-44-53(83(94,95)96)23-29-68(62)114-65-32-26-56(89)41-50(65)2)118-87(80(16,17)18,81(19,20)21)105-39-36-60(48-72(105)108)102-75(111)63-45-54(84(97,98)99)24-30-69(63)115-66-33-27-57(90)42-51(66)3/h22-48H,1-21H3,(H,100,109)(H,101,110)(H,102,111). The van der Waals surface area contributed by atoms with E-state index in [0.717, 1.165) is 105 Å². The number of hydrogen-bond donors (Lipinski definition) is 3. The van der Waals surface area contributed by atoms with E-state index in [9.17, 15) is 67.1 Å². The number of pyridine rings is 3. The van der Waals surface area contributed by atoms with Crippen molar-refractivity contribution >= 4 is 42.6 Å². The average Bonchev–Trinajstić information content (AvgIpc) is 0.693. The van der Waals surface area contributed by atoms with Crippen molar-refractivity contribution in [3.05, 3.63) is 263 Å². The summed E-state index contributed by atoms with van der Waals surface area (Å²) in [4.78, 5) is 90.7. The van der Waals surface area contributed by atoms with Crippen molar-refractivity contribution in [2.24, 2.45) is 32.5 Å². The number of benzene rings is 6. The lowest BCUT2D eigenvalue weighted by molar-refractivity contribution is -0.263. The van der Waals surface area contributed by atoms with Gasteiger partial charge in [0.2, 0.25) is 0 Å². The van der Waals surface area contributed by atoms with Gasteiger partial charge in [-0.2, -0.15) is 39.5 Å². The predicted octanol–water partition coefficient (Wildman–Crippen LogP) is 23.5. The number of phosphoric acid groups is 1. The van der Waals surface area contributed by atoms with Gasteiger partial charge in [0.1, 0.15) is 51.9 Å². The summed E-state index contributed by atoms with van der Waals surface area (Å²) in [6, 6.07) is 22.3. The van der Waals surface area contributed by atoms with Crippen LogP contribution in [0.1, 0.15) is 189 Å². The molecule has 0 aliphatic heterocycles. The first-order chi connectivity index (χ1) is 54.4. The number of ether oxygens (including phenoxy) is 3. The van der Waals surface area contributed by atoms with Crippen molar-refractivity contribution in [2.75, 3.05) is 16.0 Å². The van der Waals surface area contributed by atoms with Gasteiger partial charge in [0, 0.05) is 86.3 Å². The number of halogens is 12. The molecule has 3 heterocycles. The fourth-order valence-electron chi connectivity index (χ4n) is 15.5. The third kappa shape index (κ3) is 19.0. The molecule has 3 amide bonds. The predicted molar refractivity (Wildman–Crippen MR) is 425 cm³/mol. The number of aryl methyl sites for hydroxylation is 3. The number of amides is 3. The summed E-state index contributed by atoms with van der Waals surface area (Å²) < 4.78 is 235. The van der Waals surface area contributed by atoms with Crippen molar-refractivity contribution in [1.29, 1.82) is 0 Å². The first kappa shape index (κ1) is 92.1. The molecule has 638 valence electrons. The molecule has 0 atom stereocenters. The van der Waals surface area contributed by atoms with E-state index in [1.54, 1.807) is 125 Å². The summed E-state index contributed by atoms with van der Waals surface area (Å²) in [5.41, 5.74) is -26.6. The first-order valence-electron chi connectivity index (χ1n) is 37.2. The average molecular weight is 1690 g/mol. The van der Waals surface area contributed by atoms with Crippen LogP contribution >= 0.6 is 7.82 Å². The lowest BCUT2D eigenvalue weighted by Crippen LogP contribution is -2.63. The number of aromatic nitrogens is 3. The van der Waals surface area contributed by atoms with Gasteiger partial charge in [-0.15, -0.1) is 0 Å². The summed E-state index contributed by atoms with van der Waals surface area (Å²) in [6.45, 7) is 32.8. The zero-order chi connectivity index (χ0) is 89.3. The van der Waals surface area contributed by atoms with Crippen molar-refractivity contribution in [3.63, 3.8) is 0 Å². The third-order valence-electron chi connectivity index (χ3n) is 20.1. The highest BCUT2D eigenvalue weighted by atomic mass is 31.2. The Kier molecular flexibility index (Phi) is 25.1. The maximum atomic E-state index is 18.5. The Morgan fingerprint density at radius 3 is 0.706 bits per heavy atom. The number of anilines is 3. The fourth-order valence-corrected chi connectivity index (χ4v) is 18.5. The van der Waals surface area contributed by atoms with E-state index in [1.165, 1.54) is 57.2 Å². The van der Waals surface area contributed by atoms with Gasteiger partial charge in [0.05, 0.1) is 33.4 Å². The van der Waals surface area contributed by atoms with E-state index < -0.39 is 178 Å². The summed E-state index contributed by atoms with van der Waals surface area (Å²) in [5.74, 6) is -7.01.